The molecule has 1 aliphatic carbocycles. The van der Waals surface area contributed by atoms with Gasteiger partial charge in [0.25, 0.3) is 0 Å². The molecule has 1 fully saturated rings. The molecule has 1 heterocycles. The molecule has 2 nitrogen and oxygen atoms in total. The van der Waals surface area contributed by atoms with Crippen LogP contribution < -0.4 is 5.32 Å². The number of hydrogen-bond acceptors (Lipinski definition) is 2. The van der Waals surface area contributed by atoms with Crippen LogP contribution in [0.3, 0.4) is 0 Å². The first kappa shape index (κ1) is 12.4. The molecule has 1 aromatic heterocycles. The Bertz CT molecular complexity index is 618. The van der Waals surface area contributed by atoms with Crippen molar-refractivity contribution in [3.05, 3.63) is 35.3 Å². The average Bonchev–Trinajstić information content (AvgIpc) is 3.18. The molecule has 0 spiro atoms. The van der Waals surface area contributed by atoms with Gasteiger partial charge in [-0.15, -0.1) is 0 Å². The summed E-state index contributed by atoms with van der Waals surface area (Å²) in [6.45, 7) is 5.02. The predicted molar refractivity (Wildman–Crippen MR) is 77.2 cm³/mol. The van der Waals surface area contributed by atoms with Crippen molar-refractivity contribution in [2.75, 3.05) is 11.9 Å². The number of rotatable bonds is 4. The van der Waals surface area contributed by atoms with Crippen molar-refractivity contribution in [2.24, 2.45) is 0 Å². The Hall–Kier alpha value is -1.64. The summed E-state index contributed by atoms with van der Waals surface area (Å²) in [4.78, 5) is 4.65. The van der Waals surface area contributed by atoms with Crippen molar-refractivity contribution < 1.29 is 4.39 Å². The molecule has 0 bridgehead atoms. The normalized spacial score (nSPS) is 14.9. The van der Waals surface area contributed by atoms with E-state index in [1.807, 2.05) is 6.92 Å². The lowest BCUT2D eigenvalue weighted by molar-refractivity contribution is 0.628. The quantitative estimate of drug-likeness (QED) is 0.880. The first-order valence-electron chi connectivity index (χ1n) is 7.03. The lowest BCUT2D eigenvalue weighted by atomic mass is 10.1. The molecule has 3 heteroatoms. The Kier molecular flexibility index (Phi) is 3.13. The van der Waals surface area contributed by atoms with Gasteiger partial charge in [-0.25, -0.2) is 4.39 Å². The Balaban J connectivity index is 2.17. The molecule has 0 radical (unpaired) electrons. The number of pyridine rings is 1. The number of aromatic nitrogens is 1. The minimum Gasteiger partial charge on any atom is -0.384 e. The summed E-state index contributed by atoms with van der Waals surface area (Å²) in [7, 11) is 0. The van der Waals surface area contributed by atoms with Gasteiger partial charge in [-0.05, 0) is 43.9 Å². The maximum absolute atomic E-state index is 13.6. The van der Waals surface area contributed by atoms with Gasteiger partial charge in [-0.2, -0.15) is 0 Å². The van der Waals surface area contributed by atoms with E-state index in [0.717, 1.165) is 40.8 Å². The first-order valence-corrected chi connectivity index (χ1v) is 7.03. The van der Waals surface area contributed by atoms with Gasteiger partial charge in [0.15, 0.2) is 0 Å². The van der Waals surface area contributed by atoms with Gasteiger partial charge >= 0.3 is 0 Å². The Labute approximate surface area is 113 Å². The van der Waals surface area contributed by atoms with Gasteiger partial charge < -0.3 is 5.32 Å². The van der Waals surface area contributed by atoms with Gasteiger partial charge in [0.1, 0.15) is 5.82 Å². The van der Waals surface area contributed by atoms with E-state index in [0.29, 0.717) is 5.92 Å². The number of fused-ring (bicyclic) bond motifs is 1. The fraction of sp³-hybridized carbons (Fsp3) is 0.438. The third kappa shape index (κ3) is 2.42. The Morgan fingerprint density at radius 1 is 1.32 bits per heavy atom. The smallest absolute Gasteiger partial charge is 0.125 e. The van der Waals surface area contributed by atoms with Crippen LogP contribution in [0.15, 0.2) is 18.2 Å². The van der Waals surface area contributed by atoms with E-state index in [1.165, 1.54) is 12.8 Å². The average molecular weight is 258 g/mol. The summed E-state index contributed by atoms with van der Waals surface area (Å²) in [6, 6.07) is 5.28. The molecule has 100 valence electrons. The highest BCUT2D eigenvalue weighted by Gasteiger charge is 2.26. The highest BCUT2D eigenvalue weighted by Crippen LogP contribution is 2.41. The maximum Gasteiger partial charge on any atom is 0.125 e. The standard InChI is InChI=1S/C16H19FN2/c1-3-6-18-14-9-13(11-4-5-11)19-15-8-12(17)7-10(2)16(14)15/h7-9,11H,3-6H2,1-2H3,(H,18,19). The number of aryl methyl sites for hydroxylation is 1. The lowest BCUT2D eigenvalue weighted by Crippen LogP contribution is -2.03. The maximum atomic E-state index is 13.6. The molecule has 1 aliphatic rings. The summed E-state index contributed by atoms with van der Waals surface area (Å²) >= 11 is 0. The van der Waals surface area contributed by atoms with Crippen LogP contribution in [0.1, 0.15) is 43.4 Å². The molecular formula is C16H19FN2. The summed E-state index contributed by atoms with van der Waals surface area (Å²) in [6.07, 6.45) is 3.49. The van der Waals surface area contributed by atoms with Crippen LogP contribution in [0.4, 0.5) is 10.1 Å². The van der Waals surface area contributed by atoms with Gasteiger partial charge in [-0.3, -0.25) is 4.98 Å². The van der Waals surface area contributed by atoms with Crippen molar-refractivity contribution in [3.63, 3.8) is 0 Å². The van der Waals surface area contributed by atoms with E-state index in [4.69, 9.17) is 0 Å². The number of nitrogens with zero attached hydrogens (tertiary/aromatic N) is 1. The molecule has 1 N–H and O–H groups in total. The fourth-order valence-corrected chi connectivity index (χ4v) is 2.54. The Morgan fingerprint density at radius 3 is 2.79 bits per heavy atom. The number of anilines is 1. The molecule has 19 heavy (non-hydrogen) atoms. The number of halogens is 1. The fourth-order valence-electron chi connectivity index (χ4n) is 2.54. The van der Waals surface area contributed by atoms with Crippen molar-refractivity contribution in [1.82, 2.24) is 4.98 Å². The monoisotopic (exact) mass is 258 g/mol. The third-order valence-corrected chi connectivity index (χ3v) is 3.65. The first-order chi connectivity index (χ1) is 9.19. The van der Waals surface area contributed by atoms with Gasteiger partial charge in [0.05, 0.1) is 5.52 Å². The molecule has 3 rings (SSSR count). The number of benzene rings is 1. The summed E-state index contributed by atoms with van der Waals surface area (Å²) in [5.41, 5.74) is 3.94. The largest absolute Gasteiger partial charge is 0.384 e. The van der Waals surface area contributed by atoms with Gasteiger partial charge in [0.2, 0.25) is 0 Å². The number of nitrogens with one attached hydrogen (secondary N) is 1. The van der Waals surface area contributed by atoms with E-state index in [-0.39, 0.29) is 5.82 Å². The lowest BCUT2D eigenvalue weighted by Gasteiger charge is -2.13. The Morgan fingerprint density at radius 2 is 2.11 bits per heavy atom. The molecule has 0 unspecified atom stereocenters. The minimum atomic E-state index is -0.202. The van der Waals surface area contributed by atoms with Crippen molar-refractivity contribution in [3.8, 4) is 0 Å². The molecule has 0 saturated heterocycles. The molecule has 1 saturated carbocycles. The zero-order chi connectivity index (χ0) is 13.4. The van der Waals surface area contributed by atoms with Crippen LogP contribution >= 0.6 is 0 Å². The van der Waals surface area contributed by atoms with Crippen LogP contribution in [0.5, 0.6) is 0 Å². The third-order valence-electron chi connectivity index (χ3n) is 3.65. The molecule has 0 aliphatic heterocycles. The van der Waals surface area contributed by atoms with Crippen LogP contribution in [0, 0.1) is 12.7 Å². The van der Waals surface area contributed by atoms with Crippen molar-refractivity contribution >= 4 is 16.6 Å². The van der Waals surface area contributed by atoms with Crippen LogP contribution in [-0.4, -0.2) is 11.5 Å². The van der Waals surface area contributed by atoms with Crippen molar-refractivity contribution in [2.45, 2.75) is 39.0 Å². The molecule has 0 amide bonds. The second-order valence-corrected chi connectivity index (χ2v) is 5.41. The molecule has 2 aromatic rings. The van der Waals surface area contributed by atoms with Crippen LogP contribution in [-0.2, 0) is 0 Å². The summed E-state index contributed by atoms with van der Waals surface area (Å²) < 4.78 is 13.6. The molecular weight excluding hydrogens is 239 g/mol. The molecule has 1 aromatic carbocycles. The van der Waals surface area contributed by atoms with E-state index in [2.05, 4.69) is 23.3 Å². The second-order valence-electron chi connectivity index (χ2n) is 5.41. The van der Waals surface area contributed by atoms with Gasteiger partial charge in [-0.1, -0.05) is 6.92 Å². The summed E-state index contributed by atoms with van der Waals surface area (Å²) in [5, 5.41) is 4.51. The topological polar surface area (TPSA) is 24.9 Å². The number of hydrogen-bond donors (Lipinski definition) is 1. The second kappa shape index (κ2) is 4.80. The van der Waals surface area contributed by atoms with Crippen LogP contribution in [0.2, 0.25) is 0 Å². The van der Waals surface area contributed by atoms with Gasteiger partial charge in [0, 0.05) is 35.3 Å². The highest BCUT2D eigenvalue weighted by molar-refractivity contribution is 5.94. The zero-order valence-electron chi connectivity index (χ0n) is 11.5. The highest BCUT2D eigenvalue weighted by atomic mass is 19.1. The molecule has 0 atom stereocenters. The zero-order valence-corrected chi connectivity index (χ0v) is 11.5. The van der Waals surface area contributed by atoms with E-state index in [1.54, 1.807) is 12.1 Å². The minimum absolute atomic E-state index is 0.202. The van der Waals surface area contributed by atoms with Crippen molar-refractivity contribution in [1.29, 1.82) is 0 Å². The van der Waals surface area contributed by atoms with E-state index >= 15 is 0 Å². The van der Waals surface area contributed by atoms with Crippen LogP contribution in [0.25, 0.3) is 10.9 Å². The van der Waals surface area contributed by atoms with E-state index < -0.39 is 0 Å². The SMILES string of the molecule is CCCNc1cc(C2CC2)nc2cc(F)cc(C)c12. The van der Waals surface area contributed by atoms with E-state index in [9.17, 15) is 4.39 Å². The summed E-state index contributed by atoms with van der Waals surface area (Å²) in [5.74, 6) is 0.377. The predicted octanol–water partition coefficient (Wildman–Crippen LogP) is 4.38.